The van der Waals surface area contributed by atoms with Crippen molar-refractivity contribution < 1.29 is 4.79 Å². The molecule has 18 heavy (non-hydrogen) atoms. The van der Waals surface area contributed by atoms with E-state index < -0.39 is 0 Å². The van der Waals surface area contributed by atoms with Crippen molar-refractivity contribution in [2.75, 3.05) is 6.54 Å². The lowest BCUT2D eigenvalue weighted by molar-refractivity contribution is 0.104. The number of thiophene rings is 1. The summed E-state index contributed by atoms with van der Waals surface area (Å²) in [6.07, 6.45) is 0. The van der Waals surface area contributed by atoms with Gasteiger partial charge in [0.05, 0.1) is 4.88 Å². The van der Waals surface area contributed by atoms with Gasteiger partial charge in [-0.3, -0.25) is 4.79 Å². The van der Waals surface area contributed by atoms with Gasteiger partial charge in [0.25, 0.3) is 0 Å². The van der Waals surface area contributed by atoms with Crippen molar-refractivity contribution in [3.8, 4) is 0 Å². The molecule has 0 fully saturated rings. The number of ketones is 1. The van der Waals surface area contributed by atoms with Gasteiger partial charge >= 0.3 is 0 Å². The lowest BCUT2D eigenvalue weighted by Crippen LogP contribution is -2.28. The van der Waals surface area contributed by atoms with Crippen molar-refractivity contribution in [3.05, 3.63) is 57.8 Å². The van der Waals surface area contributed by atoms with Gasteiger partial charge < -0.3 is 5.73 Å². The van der Waals surface area contributed by atoms with E-state index in [2.05, 4.69) is 13.8 Å². The first-order chi connectivity index (χ1) is 8.54. The zero-order chi connectivity index (χ0) is 13.2. The molecule has 1 aromatic heterocycles. The van der Waals surface area contributed by atoms with Gasteiger partial charge in [0.2, 0.25) is 5.78 Å². The molecule has 3 heteroatoms. The van der Waals surface area contributed by atoms with E-state index in [-0.39, 0.29) is 11.2 Å². The molecule has 0 aliphatic heterocycles. The molecule has 2 N–H and O–H groups in total. The Balaban J connectivity index is 2.36. The Morgan fingerprint density at radius 3 is 2.67 bits per heavy atom. The largest absolute Gasteiger partial charge is 0.330 e. The Labute approximate surface area is 111 Å². The number of hydrogen-bond donors (Lipinski definition) is 1. The van der Waals surface area contributed by atoms with E-state index in [0.717, 1.165) is 16.0 Å². The van der Waals surface area contributed by atoms with E-state index in [1.54, 1.807) is 0 Å². The molecule has 0 atom stereocenters. The van der Waals surface area contributed by atoms with Gasteiger partial charge in [-0.05, 0) is 23.1 Å². The van der Waals surface area contributed by atoms with Crippen molar-refractivity contribution in [3.63, 3.8) is 0 Å². The van der Waals surface area contributed by atoms with E-state index >= 15 is 0 Å². The summed E-state index contributed by atoms with van der Waals surface area (Å²) in [5, 5.41) is 1.92. The number of nitrogens with two attached hydrogens (primary N) is 1. The van der Waals surface area contributed by atoms with Crippen molar-refractivity contribution in [2.24, 2.45) is 5.73 Å². The number of benzene rings is 1. The molecule has 2 rings (SSSR count). The van der Waals surface area contributed by atoms with Crippen LogP contribution in [0.4, 0.5) is 0 Å². The van der Waals surface area contributed by atoms with Gasteiger partial charge in [0, 0.05) is 17.5 Å². The minimum Gasteiger partial charge on any atom is -0.330 e. The number of carbonyl (C=O) groups excluding carboxylic acids is 1. The van der Waals surface area contributed by atoms with Crippen LogP contribution in [0.25, 0.3) is 0 Å². The van der Waals surface area contributed by atoms with Gasteiger partial charge in [-0.2, -0.15) is 0 Å². The Morgan fingerprint density at radius 2 is 2.06 bits per heavy atom. The zero-order valence-corrected chi connectivity index (χ0v) is 11.5. The minimum atomic E-state index is -0.105. The smallest absolute Gasteiger partial charge is 0.202 e. The Bertz CT molecular complexity index is 543. The second kappa shape index (κ2) is 5.04. The van der Waals surface area contributed by atoms with Crippen LogP contribution in [0.1, 0.15) is 34.6 Å². The Kier molecular flexibility index (Phi) is 3.64. The van der Waals surface area contributed by atoms with Crippen LogP contribution >= 0.6 is 11.3 Å². The van der Waals surface area contributed by atoms with Gasteiger partial charge in [0.15, 0.2) is 0 Å². The Hall–Kier alpha value is -1.45. The first-order valence-electron chi connectivity index (χ1n) is 5.93. The van der Waals surface area contributed by atoms with Gasteiger partial charge in [-0.15, -0.1) is 11.3 Å². The van der Waals surface area contributed by atoms with Crippen molar-refractivity contribution in [1.82, 2.24) is 0 Å². The maximum Gasteiger partial charge on any atom is 0.202 e. The van der Waals surface area contributed by atoms with E-state index in [0.29, 0.717) is 6.54 Å². The van der Waals surface area contributed by atoms with Gasteiger partial charge in [0.1, 0.15) is 0 Å². The molecule has 1 aromatic carbocycles. The molecule has 1 heterocycles. The molecular weight excluding hydrogens is 242 g/mol. The summed E-state index contributed by atoms with van der Waals surface area (Å²) >= 11 is 1.47. The lowest BCUT2D eigenvalue weighted by atomic mass is 9.84. The molecule has 0 amide bonds. The minimum absolute atomic E-state index is 0.0830. The summed E-state index contributed by atoms with van der Waals surface area (Å²) in [4.78, 5) is 13.0. The molecule has 0 aliphatic carbocycles. The Morgan fingerprint density at radius 1 is 1.28 bits per heavy atom. The van der Waals surface area contributed by atoms with Crippen LogP contribution in [0.5, 0.6) is 0 Å². The molecule has 0 radical (unpaired) electrons. The highest BCUT2D eigenvalue weighted by atomic mass is 32.1. The fourth-order valence-corrected chi connectivity index (χ4v) is 2.44. The van der Waals surface area contributed by atoms with Crippen LogP contribution < -0.4 is 5.73 Å². The standard InChI is InChI=1S/C15H17NOS/c1-15(2,10-16)12-6-3-5-11(9-12)14(17)13-7-4-8-18-13/h3-9H,10,16H2,1-2H3. The summed E-state index contributed by atoms with van der Waals surface area (Å²) in [6.45, 7) is 4.73. The van der Waals surface area contributed by atoms with Crippen molar-refractivity contribution >= 4 is 17.1 Å². The highest BCUT2D eigenvalue weighted by Crippen LogP contribution is 2.24. The topological polar surface area (TPSA) is 43.1 Å². The monoisotopic (exact) mass is 259 g/mol. The first kappa shape index (κ1) is 13.0. The maximum atomic E-state index is 12.3. The van der Waals surface area contributed by atoms with Crippen LogP contribution in [-0.2, 0) is 5.41 Å². The molecule has 0 spiro atoms. The SMILES string of the molecule is CC(C)(CN)c1cccc(C(=O)c2cccs2)c1. The van der Waals surface area contributed by atoms with Gasteiger partial charge in [-0.25, -0.2) is 0 Å². The van der Waals surface area contributed by atoms with Crippen LogP contribution in [0.15, 0.2) is 41.8 Å². The van der Waals surface area contributed by atoms with Crippen LogP contribution in [0, 0.1) is 0 Å². The fourth-order valence-electron chi connectivity index (χ4n) is 1.75. The van der Waals surface area contributed by atoms with Crippen LogP contribution in [-0.4, -0.2) is 12.3 Å². The molecule has 0 bridgehead atoms. The average Bonchev–Trinajstić information content (AvgIpc) is 2.92. The average molecular weight is 259 g/mol. The molecule has 2 aromatic rings. The van der Waals surface area contributed by atoms with E-state index in [9.17, 15) is 4.79 Å². The molecule has 0 saturated heterocycles. The molecule has 0 saturated carbocycles. The normalized spacial score (nSPS) is 11.5. The van der Waals surface area contributed by atoms with Crippen molar-refractivity contribution in [1.29, 1.82) is 0 Å². The van der Waals surface area contributed by atoms with Crippen molar-refractivity contribution in [2.45, 2.75) is 19.3 Å². The van der Waals surface area contributed by atoms with Crippen LogP contribution in [0.3, 0.4) is 0 Å². The summed E-state index contributed by atoms with van der Waals surface area (Å²) in [7, 11) is 0. The van der Waals surface area contributed by atoms with E-state index in [1.807, 2.05) is 41.8 Å². The molecular formula is C15H17NOS. The molecule has 2 nitrogen and oxygen atoms in total. The third kappa shape index (κ3) is 2.52. The second-order valence-corrected chi connectivity index (χ2v) is 5.92. The third-order valence-electron chi connectivity index (χ3n) is 3.16. The number of hydrogen-bond acceptors (Lipinski definition) is 3. The summed E-state index contributed by atoms with van der Waals surface area (Å²) in [6, 6.07) is 11.5. The second-order valence-electron chi connectivity index (χ2n) is 4.98. The van der Waals surface area contributed by atoms with E-state index in [1.165, 1.54) is 11.3 Å². The zero-order valence-electron chi connectivity index (χ0n) is 10.6. The quantitative estimate of drug-likeness (QED) is 0.857. The predicted molar refractivity (Wildman–Crippen MR) is 76.3 cm³/mol. The highest BCUT2D eigenvalue weighted by molar-refractivity contribution is 7.12. The fraction of sp³-hybridized carbons (Fsp3) is 0.267. The van der Waals surface area contributed by atoms with Crippen LogP contribution in [0.2, 0.25) is 0 Å². The summed E-state index contributed by atoms with van der Waals surface area (Å²) < 4.78 is 0. The van der Waals surface area contributed by atoms with E-state index in [4.69, 9.17) is 5.73 Å². The number of carbonyl (C=O) groups is 1. The highest BCUT2D eigenvalue weighted by Gasteiger charge is 2.20. The number of rotatable bonds is 4. The molecule has 0 unspecified atom stereocenters. The molecule has 0 aliphatic rings. The predicted octanol–water partition coefficient (Wildman–Crippen LogP) is 3.22. The lowest BCUT2D eigenvalue weighted by Gasteiger charge is -2.23. The maximum absolute atomic E-state index is 12.3. The third-order valence-corrected chi connectivity index (χ3v) is 4.03. The van der Waals surface area contributed by atoms with Gasteiger partial charge in [-0.1, -0.05) is 38.1 Å². The summed E-state index contributed by atoms with van der Waals surface area (Å²) in [5.74, 6) is 0.0830. The molecule has 94 valence electrons. The first-order valence-corrected chi connectivity index (χ1v) is 6.81. The summed E-state index contributed by atoms with van der Waals surface area (Å²) in [5.41, 5.74) is 7.51.